The van der Waals surface area contributed by atoms with Crippen molar-refractivity contribution in [2.24, 2.45) is 0 Å². The SMILES string of the molecule is O=C(CN1C(=O)NC2(CCC(F)(F)CC2)C1=O)c1ccc(COc2ccccn2)cc1. The number of benzene rings is 1. The van der Waals surface area contributed by atoms with E-state index in [0.29, 0.717) is 11.4 Å². The summed E-state index contributed by atoms with van der Waals surface area (Å²) >= 11 is 0. The van der Waals surface area contributed by atoms with Crippen molar-refractivity contribution in [2.75, 3.05) is 6.54 Å². The molecule has 7 nitrogen and oxygen atoms in total. The second-order valence-corrected chi connectivity index (χ2v) is 7.84. The quantitative estimate of drug-likeness (QED) is 0.562. The van der Waals surface area contributed by atoms with Gasteiger partial charge in [0.1, 0.15) is 12.1 Å². The number of halogens is 2. The van der Waals surface area contributed by atoms with Gasteiger partial charge in [-0.3, -0.25) is 14.5 Å². The van der Waals surface area contributed by atoms with Gasteiger partial charge in [0.2, 0.25) is 11.8 Å². The van der Waals surface area contributed by atoms with Gasteiger partial charge < -0.3 is 10.1 Å². The highest BCUT2D eigenvalue weighted by molar-refractivity contribution is 6.11. The van der Waals surface area contributed by atoms with Gasteiger partial charge >= 0.3 is 6.03 Å². The summed E-state index contributed by atoms with van der Waals surface area (Å²) in [4.78, 5) is 42.6. The Morgan fingerprint density at radius 1 is 1.06 bits per heavy atom. The number of amides is 3. The summed E-state index contributed by atoms with van der Waals surface area (Å²) in [6.07, 6.45) is 0.405. The smallest absolute Gasteiger partial charge is 0.325 e. The Morgan fingerprint density at radius 3 is 2.42 bits per heavy atom. The molecule has 1 saturated carbocycles. The minimum Gasteiger partial charge on any atom is -0.473 e. The van der Waals surface area contributed by atoms with Crippen LogP contribution in [0.1, 0.15) is 41.6 Å². The molecule has 3 amide bonds. The fourth-order valence-corrected chi connectivity index (χ4v) is 3.81. The number of carbonyl (C=O) groups excluding carboxylic acids is 3. The number of urea groups is 1. The Bertz CT molecular complexity index is 986. The first-order valence-corrected chi connectivity index (χ1v) is 9.96. The molecule has 9 heteroatoms. The topological polar surface area (TPSA) is 88.6 Å². The van der Waals surface area contributed by atoms with Crippen LogP contribution in [0.15, 0.2) is 48.7 Å². The second kappa shape index (κ2) is 8.05. The molecule has 1 aromatic heterocycles. The normalized spacial score (nSPS) is 19.4. The summed E-state index contributed by atoms with van der Waals surface area (Å²) in [5.41, 5.74) is -0.177. The molecule has 162 valence electrons. The first-order chi connectivity index (χ1) is 14.8. The number of rotatable bonds is 6. The zero-order valence-corrected chi connectivity index (χ0v) is 16.6. The Labute approximate surface area is 177 Å². The first-order valence-electron chi connectivity index (χ1n) is 9.96. The fraction of sp³-hybridized carbons (Fsp3) is 0.364. The first kappa shape index (κ1) is 20.9. The van der Waals surface area contributed by atoms with Crippen LogP contribution in [0.2, 0.25) is 0 Å². The van der Waals surface area contributed by atoms with Crippen molar-refractivity contribution >= 4 is 17.7 Å². The number of pyridine rings is 1. The lowest BCUT2D eigenvalue weighted by molar-refractivity contribution is -0.135. The molecule has 1 saturated heterocycles. The lowest BCUT2D eigenvalue weighted by Crippen LogP contribution is -2.51. The Balaban J connectivity index is 1.37. The van der Waals surface area contributed by atoms with Gasteiger partial charge in [0.05, 0.1) is 6.54 Å². The highest BCUT2D eigenvalue weighted by atomic mass is 19.3. The van der Waals surface area contributed by atoms with E-state index >= 15 is 0 Å². The minimum atomic E-state index is -2.83. The molecule has 0 atom stereocenters. The molecule has 1 N–H and O–H groups in total. The third-order valence-electron chi connectivity index (χ3n) is 5.68. The van der Waals surface area contributed by atoms with Crippen LogP contribution in [-0.4, -0.2) is 45.6 Å². The van der Waals surface area contributed by atoms with E-state index < -0.39 is 48.6 Å². The number of nitrogens with zero attached hydrogens (tertiary/aromatic N) is 2. The number of alkyl halides is 2. The van der Waals surface area contributed by atoms with E-state index in [2.05, 4.69) is 10.3 Å². The molecule has 0 bridgehead atoms. The number of aromatic nitrogens is 1. The molecule has 2 aromatic rings. The predicted molar refractivity (Wildman–Crippen MR) is 106 cm³/mol. The molecule has 0 unspecified atom stereocenters. The lowest BCUT2D eigenvalue weighted by atomic mass is 9.80. The van der Waals surface area contributed by atoms with Crippen molar-refractivity contribution in [3.63, 3.8) is 0 Å². The van der Waals surface area contributed by atoms with Crippen LogP contribution in [0, 0.1) is 0 Å². The van der Waals surface area contributed by atoms with E-state index in [9.17, 15) is 23.2 Å². The summed E-state index contributed by atoms with van der Waals surface area (Å²) < 4.78 is 32.5. The molecular formula is C22H21F2N3O4. The van der Waals surface area contributed by atoms with E-state index in [0.717, 1.165) is 10.5 Å². The van der Waals surface area contributed by atoms with Crippen LogP contribution < -0.4 is 10.1 Å². The number of ketones is 1. The maximum Gasteiger partial charge on any atom is 0.325 e. The number of hydrogen-bond acceptors (Lipinski definition) is 5. The monoisotopic (exact) mass is 429 g/mol. The lowest BCUT2D eigenvalue weighted by Gasteiger charge is -2.34. The van der Waals surface area contributed by atoms with Crippen LogP contribution in [0.25, 0.3) is 0 Å². The molecule has 1 aliphatic heterocycles. The second-order valence-electron chi connectivity index (χ2n) is 7.84. The van der Waals surface area contributed by atoms with Gasteiger partial charge in [-0.25, -0.2) is 18.6 Å². The molecule has 0 radical (unpaired) electrons. The van der Waals surface area contributed by atoms with E-state index in [1.165, 1.54) is 0 Å². The van der Waals surface area contributed by atoms with Crippen molar-refractivity contribution in [3.8, 4) is 5.88 Å². The summed E-state index contributed by atoms with van der Waals surface area (Å²) in [7, 11) is 0. The Hall–Kier alpha value is -3.36. The Kier molecular flexibility index (Phi) is 5.43. The molecule has 2 fully saturated rings. The van der Waals surface area contributed by atoms with Crippen LogP contribution in [0.5, 0.6) is 5.88 Å². The number of ether oxygens (including phenoxy) is 1. The maximum atomic E-state index is 13.5. The maximum absolute atomic E-state index is 13.5. The van der Waals surface area contributed by atoms with E-state index in [1.54, 1.807) is 42.6 Å². The molecule has 31 heavy (non-hydrogen) atoms. The zero-order chi connectivity index (χ0) is 22.1. The number of Topliss-reactive ketones (excluding diaryl/α,β-unsaturated/α-hetero) is 1. The van der Waals surface area contributed by atoms with Crippen molar-refractivity contribution in [3.05, 3.63) is 59.8 Å². The van der Waals surface area contributed by atoms with Gasteiger partial charge in [-0.05, 0) is 24.5 Å². The highest BCUT2D eigenvalue weighted by Crippen LogP contribution is 2.41. The summed E-state index contributed by atoms with van der Waals surface area (Å²) in [5, 5.41) is 2.53. The molecule has 1 aliphatic carbocycles. The number of hydrogen-bond donors (Lipinski definition) is 1. The van der Waals surface area contributed by atoms with Crippen molar-refractivity contribution in [1.29, 1.82) is 0 Å². The largest absolute Gasteiger partial charge is 0.473 e. The van der Waals surface area contributed by atoms with Crippen molar-refractivity contribution in [2.45, 2.75) is 43.8 Å². The van der Waals surface area contributed by atoms with E-state index in [1.807, 2.05) is 6.07 Å². The molecule has 1 spiro atoms. The standard InChI is InChI=1S/C22H21F2N3O4/c23-22(24)10-8-21(9-11-22)19(29)27(20(30)26-21)13-17(28)16-6-4-15(5-7-16)14-31-18-3-1-2-12-25-18/h1-7,12H,8-11,13-14H2,(H,26,30). The summed E-state index contributed by atoms with van der Waals surface area (Å²) in [5.74, 6) is -3.38. The van der Waals surface area contributed by atoms with Crippen molar-refractivity contribution in [1.82, 2.24) is 15.2 Å². The molecule has 4 rings (SSSR count). The summed E-state index contributed by atoms with van der Waals surface area (Å²) in [6, 6.07) is 11.2. The predicted octanol–water partition coefficient (Wildman–Crippen LogP) is 3.34. The average Bonchev–Trinajstić information content (AvgIpc) is 3.00. The average molecular weight is 429 g/mol. The van der Waals surface area contributed by atoms with Gasteiger partial charge in [-0.2, -0.15) is 0 Å². The summed E-state index contributed by atoms with van der Waals surface area (Å²) in [6.45, 7) is -0.168. The van der Waals surface area contributed by atoms with Crippen LogP contribution in [0.3, 0.4) is 0 Å². The minimum absolute atomic E-state index is 0.139. The molecule has 2 heterocycles. The third kappa shape index (κ3) is 4.40. The molecule has 2 aliphatic rings. The van der Waals surface area contributed by atoms with Gasteiger partial charge in [0.25, 0.3) is 5.91 Å². The Morgan fingerprint density at radius 2 is 1.77 bits per heavy atom. The van der Waals surface area contributed by atoms with Gasteiger partial charge in [-0.15, -0.1) is 0 Å². The van der Waals surface area contributed by atoms with E-state index in [4.69, 9.17) is 4.74 Å². The molecule has 1 aromatic carbocycles. The van der Waals surface area contributed by atoms with Gasteiger partial charge in [0.15, 0.2) is 5.78 Å². The van der Waals surface area contributed by atoms with Crippen LogP contribution in [0.4, 0.5) is 13.6 Å². The highest BCUT2D eigenvalue weighted by Gasteiger charge is 2.55. The van der Waals surface area contributed by atoms with E-state index in [-0.39, 0.29) is 19.4 Å². The van der Waals surface area contributed by atoms with Gasteiger partial charge in [0, 0.05) is 30.7 Å². The third-order valence-corrected chi connectivity index (χ3v) is 5.68. The van der Waals surface area contributed by atoms with Crippen LogP contribution >= 0.6 is 0 Å². The number of carbonyl (C=O) groups is 3. The fourth-order valence-electron chi connectivity index (χ4n) is 3.81. The number of imide groups is 1. The zero-order valence-electron chi connectivity index (χ0n) is 16.6. The van der Waals surface area contributed by atoms with Crippen molar-refractivity contribution < 1.29 is 27.9 Å². The van der Waals surface area contributed by atoms with Gasteiger partial charge in [-0.1, -0.05) is 30.3 Å². The number of nitrogens with one attached hydrogen (secondary N) is 1. The molecular weight excluding hydrogens is 408 g/mol. The van der Waals surface area contributed by atoms with Crippen LogP contribution in [-0.2, 0) is 11.4 Å².